The normalized spacial score (nSPS) is 9.87. The smallest absolute Gasteiger partial charge is 0.164 e. The zero-order chi connectivity index (χ0) is 11.4. The van der Waals surface area contributed by atoms with Gasteiger partial charge in [0.15, 0.2) is 11.5 Å². The zero-order valence-electron chi connectivity index (χ0n) is 8.96. The molecule has 0 unspecified atom stereocenters. The van der Waals surface area contributed by atoms with Crippen LogP contribution in [0.3, 0.4) is 0 Å². The Bertz CT molecular complexity index is 374. The van der Waals surface area contributed by atoms with Gasteiger partial charge in [0.05, 0.1) is 14.2 Å². The van der Waals surface area contributed by atoms with E-state index >= 15 is 0 Å². The summed E-state index contributed by atoms with van der Waals surface area (Å²) < 4.78 is 23.2. The van der Waals surface area contributed by atoms with Crippen LogP contribution >= 0.6 is 0 Å². The third kappa shape index (κ3) is 2.68. The molecule has 1 aromatic carbocycles. The maximum Gasteiger partial charge on any atom is 0.164 e. The molecule has 1 rings (SSSR count). The van der Waals surface area contributed by atoms with Crippen molar-refractivity contribution in [1.82, 2.24) is 0 Å². The summed E-state index contributed by atoms with van der Waals surface area (Å²) >= 11 is 0. The summed E-state index contributed by atoms with van der Waals surface area (Å²) in [6.07, 6.45) is 0.136. The van der Waals surface area contributed by atoms with Crippen molar-refractivity contribution in [1.29, 1.82) is 0 Å². The third-order valence-electron chi connectivity index (χ3n) is 1.96. The minimum atomic E-state index is -0.441. The highest BCUT2D eigenvalue weighted by molar-refractivity contribution is 5.79. The summed E-state index contributed by atoms with van der Waals surface area (Å²) in [6, 6.07) is 2.51. The van der Waals surface area contributed by atoms with Gasteiger partial charge in [0.2, 0.25) is 0 Å². The molecule has 82 valence electrons. The fourth-order valence-corrected chi connectivity index (χ4v) is 1.41. The van der Waals surface area contributed by atoms with Crippen LogP contribution < -0.4 is 9.47 Å². The largest absolute Gasteiger partial charge is 0.493 e. The van der Waals surface area contributed by atoms with Gasteiger partial charge in [-0.15, -0.1) is 0 Å². The average molecular weight is 212 g/mol. The Kier molecular flexibility index (Phi) is 3.66. The van der Waals surface area contributed by atoms with Crippen molar-refractivity contribution in [2.24, 2.45) is 0 Å². The fourth-order valence-electron chi connectivity index (χ4n) is 1.41. The molecular weight excluding hydrogens is 199 g/mol. The number of carbonyl (C=O) groups is 1. The van der Waals surface area contributed by atoms with Crippen LogP contribution in [-0.4, -0.2) is 20.0 Å². The summed E-state index contributed by atoms with van der Waals surface area (Å²) in [5, 5.41) is 0. The summed E-state index contributed by atoms with van der Waals surface area (Å²) in [4.78, 5) is 11.0. The first kappa shape index (κ1) is 11.5. The highest BCUT2D eigenvalue weighted by Gasteiger charge is 2.13. The molecule has 15 heavy (non-hydrogen) atoms. The van der Waals surface area contributed by atoms with Gasteiger partial charge in [-0.2, -0.15) is 0 Å². The van der Waals surface area contributed by atoms with Crippen molar-refractivity contribution < 1.29 is 18.7 Å². The van der Waals surface area contributed by atoms with E-state index in [4.69, 9.17) is 9.47 Å². The van der Waals surface area contributed by atoms with Gasteiger partial charge in [-0.1, -0.05) is 0 Å². The van der Waals surface area contributed by atoms with E-state index in [-0.39, 0.29) is 12.2 Å². The maximum absolute atomic E-state index is 13.1. The Morgan fingerprint density at radius 2 is 2.00 bits per heavy atom. The molecule has 1 aromatic rings. The van der Waals surface area contributed by atoms with Crippen LogP contribution in [0.25, 0.3) is 0 Å². The standard InChI is InChI=1S/C11H13FO3/c1-7(13)4-8-5-9(12)6-10(14-2)11(8)15-3/h5-6H,4H2,1-3H3. The van der Waals surface area contributed by atoms with Gasteiger partial charge < -0.3 is 9.47 Å². The van der Waals surface area contributed by atoms with E-state index in [0.717, 1.165) is 0 Å². The molecule has 0 atom stereocenters. The van der Waals surface area contributed by atoms with Crippen molar-refractivity contribution in [2.75, 3.05) is 14.2 Å². The molecule has 0 spiro atoms. The van der Waals surface area contributed by atoms with Crippen LogP contribution in [0.5, 0.6) is 11.5 Å². The van der Waals surface area contributed by atoms with Gasteiger partial charge in [-0.05, 0) is 13.0 Å². The number of rotatable bonds is 4. The molecule has 0 saturated carbocycles. The summed E-state index contributed by atoms with van der Waals surface area (Å²) in [6.45, 7) is 1.44. The predicted molar refractivity (Wildman–Crippen MR) is 53.9 cm³/mol. The van der Waals surface area contributed by atoms with E-state index in [9.17, 15) is 9.18 Å². The van der Waals surface area contributed by atoms with E-state index in [1.807, 2.05) is 0 Å². The van der Waals surface area contributed by atoms with E-state index in [1.165, 1.54) is 33.3 Å². The quantitative estimate of drug-likeness (QED) is 0.765. The second-order valence-corrected chi connectivity index (χ2v) is 3.18. The monoisotopic (exact) mass is 212 g/mol. The molecule has 0 N–H and O–H groups in total. The van der Waals surface area contributed by atoms with Gasteiger partial charge in [-0.3, -0.25) is 4.79 Å². The molecule has 0 radical (unpaired) electrons. The highest BCUT2D eigenvalue weighted by Crippen LogP contribution is 2.32. The molecule has 0 aliphatic carbocycles. The molecule has 0 fully saturated rings. The highest BCUT2D eigenvalue weighted by atomic mass is 19.1. The van der Waals surface area contributed by atoms with E-state index in [2.05, 4.69) is 0 Å². The van der Waals surface area contributed by atoms with Crippen molar-refractivity contribution in [3.63, 3.8) is 0 Å². The molecule has 0 aliphatic rings. The van der Waals surface area contributed by atoms with Gasteiger partial charge in [0.1, 0.15) is 11.6 Å². The Morgan fingerprint density at radius 1 is 1.33 bits per heavy atom. The molecule has 0 amide bonds. The number of carbonyl (C=O) groups excluding carboxylic acids is 1. The topological polar surface area (TPSA) is 35.5 Å². The minimum absolute atomic E-state index is 0.0547. The van der Waals surface area contributed by atoms with Crippen LogP contribution in [0.1, 0.15) is 12.5 Å². The molecule has 0 saturated heterocycles. The first-order valence-electron chi connectivity index (χ1n) is 4.48. The lowest BCUT2D eigenvalue weighted by atomic mass is 10.1. The second kappa shape index (κ2) is 4.77. The third-order valence-corrected chi connectivity index (χ3v) is 1.96. The Labute approximate surface area is 87.8 Å². The van der Waals surface area contributed by atoms with Crippen molar-refractivity contribution in [3.05, 3.63) is 23.5 Å². The number of benzene rings is 1. The van der Waals surface area contributed by atoms with Gasteiger partial charge in [0.25, 0.3) is 0 Å². The van der Waals surface area contributed by atoms with Crippen LogP contribution in [0.4, 0.5) is 4.39 Å². The van der Waals surface area contributed by atoms with E-state index in [0.29, 0.717) is 17.1 Å². The summed E-state index contributed by atoms with van der Waals surface area (Å²) in [7, 11) is 2.88. The molecule has 0 aliphatic heterocycles. The van der Waals surface area contributed by atoms with Gasteiger partial charge in [-0.25, -0.2) is 4.39 Å². The molecule has 0 heterocycles. The summed E-state index contributed by atoms with van der Waals surface area (Å²) in [5.41, 5.74) is 0.502. The number of ketones is 1. The minimum Gasteiger partial charge on any atom is -0.493 e. The number of hydrogen-bond acceptors (Lipinski definition) is 3. The zero-order valence-corrected chi connectivity index (χ0v) is 8.96. The van der Waals surface area contributed by atoms with Crippen molar-refractivity contribution >= 4 is 5.78 Å². The van der Waals surface area contributed by atoms with Crippen LogP contribution in [0.2, 0.25) is 0 Å². The molecular formula is C11H13FO3. The lowest BCUT2D eigenvalue weighted by Crippen LogP contribution is -2.02. The van der Waals surface area contributed by atoms with Crippen LogP contribution in [0, 0.1) is 5.82 Å². The number of hydrogen-bond donors (Lipinski definition) is 0. The molecule has 4 heteroatoms. The lowest BCUT2D eigenvalue weighted by molar-refractivity contribution is -0.116. The predicted octanol–water partition coefficient (Wildman–Crippen LogP) is 1.97. The van der Waals surface area contributed by atoms with Gasteiger partial charge >= 0.3 is 0 Å². The fraction of sp³-hybridized carbons (Fsp3) is 0.364. The first-order valence-corrected chi connectivity index (χ1v) is 4.48. The number of ether oxygens (including phenoxy) is 2. The SMILES string of the molecule is COc1cc(F)cc(CC(C)=O)c1OC. The summed E-state index contributed by atoms with van der Waals surface area (Å²) in [5.74, 6) is 0.215. The Balaban J connectivity index is 3.22. The van der Waals surface area contributed by atoms with E-state index in [1.54, 1.807) is 0 Å². The van der Waals surface area contributed by atoms with Crippen molar-refractivity contribution in [3.8, 4) is 11.5 Å². The van der Waals surface area contributed by atoms with Crippen LogP contribution in [-0.2, 0) is 11.2 Å². The molecule has 0 aromatic heterocycles. The van der Waals surface area contributed by atoms with Crippen molar-refractivity contribution in [2.45, 2.75) is 13.3 Å². The number of halogens is 1. The number of methoxy groups -OCH3 is 2. The molecule has 3 nitrogen and oxygen atoms in total. The first-order chi connectivity index (χ1) is 7.08. The van der Waals surface area contributed by atoms with Gasteiger partial charge in [0, 0.05) is 18.1 Å². The Hall–Kier alpha value is -1.58. The van der Waals surface area contributed by atoms with Crippen LogP contribution in [0.15, 0.2) is 12.1 Å². The average Bonchev–Trinajstić information content (AvgIpc) is 2.15. The molecule has 0 bridgehead atoms. The maximum atomic E-state index is 13.1. The second-order valence-electron chi connectivity index (χ2n) is 3.18. The number of Topliss-reactive ketones (excluding diaryl/α,β-unsaturated/α-hetero) is 1. The lowest BCUT2D eigenvalue weighted by Gasteiger charge is -2.11. The van der Waals surface area contributed by atoms with E-state index < -0.39 is 5.82 Å². The Morgan fingerprint density at radius 3 is 2.47 bits per heavy atom.